The number of carboxylic acid groups (broad SMARTS) is 1. The minimum Gasteiger partial charge on any atom is -0.476 e. The summed E-state index contributed by atoms with van der Waals surface area (Å²) in [4.78, 5) is 14.7. The quantitative estimate of drug-likeness (QED) is 0.810. The molecule has 2 aromatic heterocycles. The molecule has 0 aromatic carbocycles. The van der Waals surface area contributed by atoms with Crippen molar-refractivity contribution >= 4 is 17.3 Å². The predicted molar refractivity (Wildman–Crippen MR) is 50.9 cm³/mol. The Bertz CT molecular complexity index is 474. The molecule has 0 aliphatic heterocycles. The van der Waals surface area contributed by atoms with Gasteiger partial charge in [-0.1, -0.05) is 0 Å². The molecule has 0 aliphatic rings. The first-order chi connectivity index (χ1) is 6.66. The van der Waals surface area contributed by atoms with Crippen LogP contribution in [0.4, 0.5) is 0 Å². The Hall–Kier alpha value is -1.69. The van der Waals surface area contributed by atoms with E-state index in [0.29, 0.717) is 5.13 Å². The fourth-order valence-electron chi connectivity index (χ4n) is 0.991. The van der Waals surface area contributed by atoms with Gasteiger partial charge in [-0.05, 0) is 13.0 Å². The van der Waals surface area contributed by atoms with Crippen molar-refractivity contribution in [3.8, 4) is 5.13 Å². The number of nitrogens with zero attached hydrogens (tertiary/aromatic N) is 3. The van der Waals surface area contributed by atoms with Crippen LogP contribution in [0, 0.1) is 6.92 Å². The van der Waals surface area contributed by atoms with Crippen LogP contribution in [0.3, 0.4) is 0 Å². The second kappa shape index (κ2) is 3.22. The maximum absolute atomic E-state index is 10.6. The van der Waals surface area contributed by atoms with Gasteiger partial charge < -0.3 is 5.11 Å². The summed E-state index contributed by atoms with van der Waals surface area (Å²) in [6.07, 6.45) is 1.59. The van der Waals surface area contributed by atoms with Crippen molar-refractivity contribution in [3.05, 3.63) is 29.0 Å². The van der Waals surface area contributed by atoms with E-state index in [4.69, 9.17) is 5.11 Å². The molecular weight excluding hydrogens is 202 g/mol. The summed E-state index contributed by atoms with van der Waals surface area (Å²) in [6.45, 7) is 1.88. The van der Waals surface area contributed by atoms with Crippen molar-refractivity contribution in [3.63, 3.8) is 0 Å². The third-order valence-electron chi connectivity index (χ3n) is 1.61. The molecule has 2 rings (SSSR count). The van der Waals surface area contributed by atoms with Crippen molar-refractivity contribution in [2.75, 3.05) is 0 Å². The van der Waals surface area contributed by atoms with Crippen LogP contribution in [0.25, 0.3) is 5.13 Å². The number of thiazole rings is 1. The highest BCUT2D eigenvalue weighted by Crippen LogP contribution is 2.13. The summed E-state index contributed by atoms with van der Waals surface area (Å²) in [5.74, 6) is -1.03. The zero-order valence-electron chi connectivity index (χ0n) is 7.34. The van der Waals surface area contributed by atoms with E-state index in [9.17, 15) is 4.79 Å². The van der Waals surface area contributed by atoms with Crippen LogP contribution in [0.2, 0.25) is 0 Å². The lowest BCUT2D eigenvalue weighted by Crippen LogP contribution is -2.00. The molecule has 14 heavy (non-hydrogen) atoms. The third kappa shape index (κ3) is 1.51. The lowest BCUT2D eigenvalue weighted by Gasteiger charge is -1.91. The van der Waals surface area contributed by atoms with Crippen molar-refractivity contribution in [2.24, 2.45) is 0 Å². The number of aromatic carboxylic acids is 1. The van der Waals surface area contributed by atoms with E-state index in [0.717, 1.165) is 5.69 Å². The number of aryl methyl sites for hydroxylation is 1. The molecule has 2 aromatic rings. The molecule has 0 spiro atoms. The average Bonchev–Trinajstić information content (AvgIpc) is 2.70. The average molecular weight is 209 g/mol. The Morgan fingerprint density at radius 2 is 2.43 bits per heavy atom. The summed E-state index contributed by atoms with van der Waals surface area (Å²) in [7, 11) is 0. The summed E-state index contributed by atoms with van der Waals surface area (Å²) in [5, 5.41) is 15.1. The van der Waals surface area contributed by atoms with E-state index >= 15 is 0 Å². The molecule has 0 saturated carbocycles. The van der Waals surface area contributed by atoms with Crippen LogP contribution >= 0.6 is 11.3 Å². The van der Waals surface area contributed by atoms with Gasteiger partial charge in [0.1, 0.15) is 0 Å². The fourth-order valence-corrected chi connectivity index (χ4v) is 1.73. The highest BCUT2D eigenvalue weighted by atomic mass is 32.1. The van der Waals surface area contributed by atoms with Crippen molar-refractivity contribution in [1.29, 1.82) is 0 Å². The number of hydrogen-bond acceptors (Lipinski definition) is 4. The Kier molecular flexibility index (Phi) is 2.05. The van der Waals surface area contributed by atoms with Gasteiger partial charge in [0, 0.05) is 11.6 Å². The number of aromatic nitrogens is 3. The van der Waals surface area contributed by atoms with Gasteiger partial charge in [-0.3, -0.25) is 0 Å². The highest BCUT2D eigenvalue weighted by molar-refractivity contribution is 7.12. The van der Waals surface area contributed by atoms with Crippen LogP contribution in [-0.2, 0) is 0 Å². The lowest BCUT2D eigenvalue weighted by atomic mass is 10.5. The normalized spacial score (nSPS) is 10.4. The summed E-state index contributed by atoms with van der Waals surface area (Å²) in [5.41, 5.74) is 0.926. The van der Waals surface area contributed by atoms with Crippen molar-refractivity contribution in [1.82, 2.24) is 14.8 Å². The standard InChI is InChI=1S/C8H7N3O2S/c1-5-4-14-8(9-5)11-3-2-6(10-11)7(12)13/h2-4H,1H3,(H,12,13). The van der Waals surface area contributed by atoms with E-state index in [1.165, 1.54) is 22.1 Å². The van der Waals surface area contributed by atoms with E-state index in [1.54, 1.807) is 6.20 Å². The molecule has 0 bridgehead atoms. The molecule has 72 valence electrons. The summed E-state index contributed by atoms with van der Waals surface area (Å²) in [6, 6.07) is 1.44. The summed E-state index contributed by atoms with van der Waals surface area (Å²) < 4.78 is 1.46. The number of rotatable bonds is 2. The maximum Gasteiger partial charge on any atom is 0.356 e. The molecule has 0 atom stereocenters. The van der Waals surface area contributed by atoms with E-state index in [1.807, 2.05) is 12.3 Å². The Balaban J connectivity index is 2.38. The molecule has 0 radical (unpaired) electrons. The van der Waals surface area contributed by atoms with Gasteiger partial charge in [-0.25, -0.2) is 14.5 Å². The minimum absolute atomic E-state index is 0.0258. The number of hydrogen-bond donors (Lipinski definition) is 1. The maximum atomic E-state index is 10.6. The van der Waals surface area contributed by atoms with Gasteiger partial charge in [0.05, 0.1) is 5.69 Å². The first kappa shape index (κ1) is 8.89. The smallest absolute Gasteiger partial charge is 0.356 e. The lowest BCUT2D eigenvalue weighted by molar-refractivity contribution is 0.0690. The Labute approximate surface area is 83.6 Å². The van der Waals surface area contributed by atoms with Gasteiger partial charge in [-0.2, -0.15) is 5.10 Å². The first-order valence-electron chi connectivity index (χ1n) is 3.88. The molecule has 1 N–H and O–H groups in total. The molecular formula is C8H7N3O2S. The van der Waals surface area contributed by atoms with Crippen LogP contribution in [-0.4, -0.2) is 25.8 Å². The molecule has 0 amide bonds. The second-order valence-corrected chi connectivity index (χ2v) is 3.56. The molecule has 0 unspecified atom stereocenters. The molecule has 0 aliphatic carbocycles. The highest BCUT2D eigenvalue weighted by Gasteiger charge is 2.09. The van der Waals surface area contributed by atoms with Gasteiger partial charge in [-0.15, -0.1) is 11.3 Å². The monoisotopic (exact) mass is 209 g/mol. The van der Waals surface area contributed by atoms with Crippen LogP contribution < -0.4 is 0 Å². The van der Waals surface area contributed by atoms with Crippen LogP contribution in [0.1, 0.15) is 16.2 Å². The predicted octanol–water partition coefficient (Wildman–Crippen LogP) is 1.34. The fraction of sp³-hybridized carbons (Fsp3) is 0.125. The van der Waals surface area contributed by atoms with Gasteiger partial charge in [0.15, 0.2) is 5.69 Å². The SMILES string of the molecule is Cc1csc(-n2ccc(C(=O)O)n2)n1. The Morgan fingerprint density at radius 1 is 1.64 bits per heavy atom. The minimum atomic E-state index is -1.03. The van der Waals surface area contributed by atoms with Crippen LogP contribution in [0.5, 0.6) is 0 Å². The topological polar surface area (TPSA) is 68.0 Å². The van der Waals surface area contributed by atoms with Gasteiger partial charge in [0.25, 0.3) is 0 Å². The largest absolute Gasteiger partial charge is 0.476 e. The molecule has 0 fully saturated rings. The number of carbonyl (C=O) groups is 1. The van der Waals surface area contributed by atoms with Gasteiger partial charge in [0.2, 0.25) is 5.13 Å². The van der Waals surface area contributed by atoms with Gasteiger partial charge >= 0.3 is 5.97 Å². The van der Waals surface area contributed by atoms with E-state index in [-0.39, 0.29) is 5.69 Å². The molecule has 0 saturated heterocycles. The third-order valence-corrected chi connectivity index (χ3v) is 2.56. The van der Waals surface area contributed by atoms with Crippen LogP contribution in [0.15, 0.2) is 17.6 Å². The summed E-state index contributed by atoms with van der Waals surface area (Å²) >= 11 is 1.42. The first-order valence-corrected chi connectivity index (χ1v) is 4.76. The molecule has 6 heteroatoms. The second-order valence-electron chi connectivity index (χ2n) is 2.72. The molecule has 2 heterocycles. The zero-order chi connectivity index (χ0) is 10.1. The van der Waals surface area contributed by atoms with E-state index < -0.39 is 5.97 Å². The van der Waals surface area contributed by atoms with Crippen molar-refractivity contribution < 1.29 is 9.90 Å². The van der Waals surface area contributed by atoms with E-state index in [2.05, 4.69) is 10.1 Å². The number of carboxylic acids is 1. The zero-order valence-corrected chi connectivity index (χ0v) is 8.15. The van der Waals surface area contributed by atoms with Crippen molar-refractivity contribution in [2.45, 2.75) is 6.92 Å². The molecule has 5 nitrogen and oxygen atoms in total. The Morgan fingerprint density at radius 3 is 2.93 bits per heavy atom.